The Morgan fingerprint density at radius 2 is 2.11 bits per heavy atom. The molecule has 0 aromatic carbocycles. The second-order valence-electron chi connectivity index (χ2n) is 7.54. The van der Waals surface area contributed by atoms with Crippen LogP contribution in [-0.4, -0.2) is 63.9 Å². The van der Waals surface area contributed by atoms with E-state index >= 15 is 0 Å². The number of nitrogens with zero attached hydrogens (tertiary/aromatic N) is 4. The van der Waals surface area contributed by atoms with Crippen molar-refractivity contribution in [3.8, 4) is 0 Å². The van der Waals surface area contributed by atoms with Crippen LogP contribution in [0.1, 0.15) is 12.8 Å². The average Bonchev–Trinajstić information content (AvgIpc) is 3.24. The molecular weight excluding hydrogens is 378 g/mol. The van der Waals surface area contributed by atoms with Crippen LogP contribution in [-0.2, 0) is 4.79 Å². The molecule has 3 heterocycles. The summed E-state index contributed by atoms with van der Waals surface area (Å²) in [4.78, 5) is 16.2. The van der Waals surface area contributed by atoms with Gasteiger partial charge in [-0.3, -0.25) is 4.79 Å². The summed E-state index contributed by atoms with van der Waals surface area (Å²) >= 11 is 5.93. The van der Waals surface area contributed by atoms with E-state index in [9.17, 15) is 9.90 Å². The van der Waals surface area contributed by atoms with Gasteiger partial charge in [0, 0.05) is 25.1 Å². The fourth-order valence-corrected chi connectivity index (χ4v) is 3.88. The second-order valence-corrected chi connectivity index (χ2v) is 7.94. The predicted molar refractivity (Wildman–Crippen MR) is 110 cm³/mol. The average molecular weight is 401 g/mol. The minimum atomic E-state index is -0.432. The standard InChI is InChI=1S/C20H22ClN5O2/c1-26(9-4-5-10-26)11-7-22-20-19(16-6-2-3-8-25(16)24-20)23-15-12-14(21)17(27)13-18(15)28/h2-3,6,8,12-13H,4-5,7,9-11H2,1H3,(H-,22,24,27,28)/p+1/b23-15+. The van der Waals surface area contributed by atoms with Gasteiger partial charge in [-0.25, -0.2) is 9.51 Å². The first-order chi connectivity index (χ1) is 13.5. The first-order valence-electron chi connectivity index (χ1n) is 9.41. The second kappa shape index (κ2) is 7.41. The Hall–Kier alpha value is -2.64. The van der Waals surface area contributed by atoms with Gasteiger partial charge in [0.15, 0.2) is 5.82 Å². The molecule has 2 N–H and O–H groups in total. The summed E-state index contributed by atoms with van der Waals surface area (Å²) in [5.41, 5.74) is 1.65. The summed E-state index contributed by atoms with van der Waals surface area (Å²) in [5.74, 6) is 0.00314. The molecule has 0 saturated carbocycles. The van der Waals surface area contributed by atoms with Gasteiger partial charge < -0.3 is 14.9 Å². The van der Waals surface area contributed by atoms with Crippen molar-refractivity contribution in [2.24, 2.45) is 4.99 Å². The van der Waals surface area contributed by atoms with Gasteiger partial charge in [-0.05, 0) is 18.2 Å². The van der Waals surface area contributed by atoms with E-state index in [2.05, 4.69) is 22.5 Å². The summed E-state index contributed by atoms with van der Waals surface area (Å²) in [7, 11) is 2.29. The molecule has 2 aromatic rings. The zero-order chi connectivity index (χ0) is 19.7. The van der Waals surface area contributed by atoms with Gasteiger partial charge in [0.1, 0.15) is 17.2 Å². The molecule has 146 valence electrons. The number of aliphatic hydroxyl groups excluding tert-OH is 1. The van der Waals surface area contributed by atoms with E-state index in [0.717, 1.165) is 29.2 Å². The smallest absolute Gasteiger partial charge is 0.201 e. The van der Waals surface area contributed by atoms with E-state index in [4.69, 9.17) is 11.6 Å². The van der Waals surface area contributed by atoms with Gasteiger partial charge in [0.2, 0.25) is 5.78 Å². The molecule has 0 atom stereocenters. The number of nitrogens with one attached hydrogen (secondary N) is 1. The van der Waals surface area contributed by atoms with E-state index in [1.807, 2.05) is 24.4 Å². The predicted octanol–water partition coefficient (Wildman–Crippen LogP) is 3.21. The van der Waals surface area contributed by atoms with Crippen LogP contribution in [0.15, 0.2) is 52.3 Å². The van der Waals surface area contributed by atoms with Crippen molar-refractivity contribution in [1.82, 2.24) is 9.61 Å². The van der Waals surface area contributed by atoms with Gasteiger partial charge in [0.25, 0.3) is 0 Å². The lowest BCUT2D eigenvalue weighted by Gasteiger charge is -2.29. The highest BCUT2D eigenvalue weighted by atomic mass is 35.5. The normalized spacial score (nSPS) is 20.5. The molecule has 8 heteroatoms. The molecule has 0 spiro atoms. The van der Waals surface area contributed by atoms with Crippen LogP contribution < -0.4 is 5.32 Å². The van der Waals surface area contributed by atoms with Gasteiger partial charge in [-0.1, -0.05) is 17.7 Å². The number of anilines is 1. The minimum absolute atomic E-state index is 0.0222. The lowest BCUT2D eigenvalue weighted by molar-refractivity contribution is -0.895. The van der Waals surface area contributed by atoms with Crippen molar-refractivity contribution in [3.05, 3.63) is 47.3 Å². The van der Waals surface area contributed by atoms with E-state index in [-0.39, 0.29) is 16.5 Å². The van der Waals surface area contributed by atoms with Gasteiger partial charge in [-0.2, -0.15) is 0 Å². The fourth-order valence-electron chi connectivity index (χ4n) is 3.72. The zero-order valence-electron chi connectivity index (χ0n) is 15.7. The van der Waals surface area contributed by atoms with Crippen molar-refractivity contribution in [2.75, 3.05) is 38.5 Å². The lowest BCUT2D eigenvalue weighted by atomic mass is 10.1. The lowest BCUT2D eigenvalue weighted by Crippen LogP contribution is -2.44. The molecule has 1 aliphatic heterocycles. The molecule has 0 amide bonds. The van der Waals surface area contributed by atoms with Crippen molar-refractivity contribution < 1.29 is 14.4 Å². The van der Waals surface area contributed by atoms with Gasteiger partial charge in [-0.15, -0.1) is 5.10 Å². The molecule has 7 nitrogen and oxygen atoms in total. The van der Waals surface area contributed by atoms with E-state index in [1.165, 1.54) is 32.0 Å². The number of aliphatic imine (C=N–C) groups is 1. The number of carbonyl (C=O) groups excluding carboxylic acids is 1. The highest BCUT2D eigenvalue weighted by Crippen LogP contribution is 2.31. The maximum Gasteiger partial charge on any atom is 0.201 e. The Morgan fingerprint density at radius 1 is 1.32 bits per heavy atom. The quantitative estimate of drug-likeness (QED) is 0.596. The van der Waals surface area contributed by atoms with Crippen LogP contribution in [0, 0.1) is 0 Å². The highest BCUT2D eigenvalue weighted by molar-refractivity contribution is 6.47. The van der Waals surface area contributed by atoms with Gasteiger partial charge in [0.05, 0.1) is 43.8 Å². The first kappa shape index (κ1) is 18.7. The number of allylic oxidation sites excluding steroid dienone is 3. The first-order valence-corrected chi connectivity index (χ1v) is 9.79. The third-order valence-corrected chi connectivity index (χ3v) is 5.66. The number of aromatic nitrogens is 2. The van der Waals surface area contributed by atoms with Crippen LogP contribution in [0.25, 0.3) is 5.52 Å². The number of hydrogen-bond donors (Lipinski definition) is 2. The monoisotopic (exact) mass is 400 g/mol. The van der Waals surface area contributed by atoms with Crippen LogP contribution in [0.2, 0.25) is 0 Å². The van der Waals surface area contributed by atoms with Gasteiger partial charge >= 0.3 is 0 Å². The Balaban J connectivity index is 1.65. The Morgan fingerprint density at radius 3 is 2.89 bits per heavy atom. The third-order valence-electron chi connectivity index (χ3n) is 5.37. The number of pyridine rings is 1. The van der Waals surface area contributed by atoms with Crippen LogP contribution >= 0.6 is 11.6 Å². The molecule has 4 rings (SSSR count). The summed E-state index contributed by atoms with van der Waals surface area (Å²) in [5, 5.41) is 18.1. The number of carbonyl (C=O) groups is 1. The summed E-state index contributed by atoms with van der Waals surface area (Å²) in [6, 6.07) is 5.71. The molecular formula is C20H23ClN5O2+. The van der Waals surface area contributed by atoms with E-state index in [0.29, 0.717) is 11.5 Å². The molecule has 28 heavy (non-hydrogen) atoms. The molecule has 0 unspecified atom stereocenters. The molecule has 1 fully saturated rings. The maximum atomic E-state index is 11.6. The Bertz CT molecular complexity index is 1010. The molecule has 2 aromatic heterocycles. The molecule has 0 bridgehead atoms. The largest absolute Gasteiger partial charge is 0.506 e. The van der Waals surface area contributed by atoms with Crippen LogP contribution in [0.5, 0.6) is 0 Å². The minimum Gasteiger partial charge on any atom is -0.506 e. The number of ketones is 1. The summed E-state index contributed by atoms with van der Waals surface area (Å²) in [6.07, 6.45) is 6.87. The number of likely N-dealkylation sites (N-methyl/N-ethyl adjacent to an activating group) is 1. The Labute approximate surface area is 168 Å². The molecule has 2 aliphatic rings. The number of quaternary nitrogens is 1. The topological polar surface area (TPSA) is 79.0 Å². The SMILES string of the molecule is C[N+]1(CCNc2nn3ccccc3c2/N=C2\C=C(Cl)C(=O)C=C2O)CCCC1. The van der Waals surface area contributed by atoms with Crippen molar-refractivity contribution in [2.45, 2.75) is 12.8 Å². The molecule has 1 saturated heterocycles. The number of fused-ring (bicyclic) bond motifs is 1. The number of likely N-dealkylation sites (tertiary alicyclic amines) is 1. The number of aliphatic hydroxyl groups is 1. The fraction of sp³-hybridized carbons (Fsp3) is 0.350. The summed E-state index contributed by atoms with van der Waals surface area (Å²) < 4.78 is 2.81. The number of rotatable bonds is 5. The number of halogens is 1. The maximum absolute atomic E-state index is 11.6. The third kappa shape index (κ3) is 3.68. The highest BCUT2D eigenvalue weighted by Gasteiger charge is 2.26. The molecule has 0 radical (unpaired) electrons. The van der Waals surface area contributed by atoms with Crippen molar-refractivity contribution >= 4 is 40.1 Å². The zero-order valence-corrected chi connectivity index (χ0v) is 16.5. The van der Waals surface area contributed by atoms with Crippen molar-refractivity contribution in [1.29, 1.82) is 0 Å². The summed E-state index contributed by atoms with van der Waals surface area (Å²) in [6.45, 7) is 4.19. The molecule has 1 aliphatic carbocycles. The van der Waals surface area contributed by atoms with Crippen LogP contribution in [0.3, 0.4) is 0 Å². The Kier molecular flexibility index (Phi) is 4.95. The van der Waals surface area contributed by atoms with E-state index < -0.39 is 5.78 Å². The van der Waals surface area contributed by atoms with Crippen LogP contribution in [0.4, 0.5) is 11.5 Å². The van der Waals surface area contributed by atoms with E-state index in [1.54, 1.807) is 4.52 Å². The number of hydrogen-bond acceptors (Lipinski definition) is 5. The van der Waals surface area contributed by atoms with Crippen molar-refractivity contribution in [3.63, 3.8) is 0 Å².